The van der Waals surface area contributed by atoms with E-state index in [0.29, 0.717) is 25.9 Å². The Morgan fingerprint density at radius 2 is 0.691 bits per heavy atom. The van der Waals surface area contributed by atoms with Crippen molar-refractivity contribution in [1.29, 1.82) is 0 Å². The van der Waals surface area contributed by atoms with Crippen molar-refractivity contribution in [2.75, 3.05) is 13.2 Å². The Morgan fingerprint density at radius 3 is 1.04 bits per heavy atom. The lowest BCUT2D eigenvalue weighted by Crippen LogP contribution is -2.45. The number of esters is 1. The van der Waals surface area contributed by atoms with Crippen molar-refractivity contribution in [1.82, 2.24) is 5.32 Å². The molecule has 0 aliphatic rings. The topological polar surface area (TPSA) is 95.9 Å². The molecule has 0 saturated heterocycles. The van der Waals surface area contributed by atoms with Crippen LogP contribution in [0.1, 0.15) is 348 Å². The van der Waals surface area contributed by atoms with Crippen molar-refractivity contribution < 1.29 is 24.5 Å². The quantitative estimate of drug-likeness (QED) is 0.0321. The molecule has 0 aromatic heterocycles. The first-order chi connectivity index (χ1) is 33.5. The van der Waals surface area contributed by atoms with Gasteiger partial charge in [-0.2, -0.15) is 0 Å². The highest BCUT2D eigenvalue weighted by atomic mass is 16.5. The number of aliphatic hydroxyl groups excluding tert-OH is 2. The van der Waals surface area contributed by atoms with Gasteiger partial charge in [-0.15, -0.1) is 0 Å². The predicted molar refractivity (Wildman–Crippen MR) is 297 cm³/mol. The van der Waals surface area contributed by atoms with E-state index in [-0.39, 0.29) is 18.5 Å². The Balaban J connectivity index is 3.33. The van der Waals surface area contributed by atoms with Gasteiger partial charge < -0.3 is 20.3 Å². The van der Waals surface area contributed by atoms with Crippen molar-refractivity contribution in [3.8, 4) is 0 Å². The van der Waals surface area contributed by atoms with Crippen LogP contribution in [0, 0.1) is 0 Å². The average molecular weight is 961 g/mol. The third-order valence-corrected chi connectivity index (χ3v) is 14.6. The SMILES string of the molecule is CCCCCCCCCCCCCC(=O)OCCCCCCCCCCCCCC/C=C\CCCCCCCCCCCCCCCCC(=O)NC(CO)C(O)CCCCCCCCCCCC. The molecule has 6 nitrogen and oxygen atoms in total. The van der Waals surface area contributed by atoms with Crippen LogP contribution in [0.5, 0.6) is 0 Å². The third kappa shape index (κ3) is 53.9. The molecule has 0 saturated carbocycles. The fraction of sp³-hybridized carbons (Fsp3) is 0.935. The summed E-state index contributed by atoms with van der Waals surface area (Å²) in [5.41, 5.74) is 0. The van der Waals surface area contributed by atoms with E-state index in [1.54, 1.807) is 0 Å². The number of rotatable bonds is 58. The van der Waals surface area contributed by atoms with Crippen molar-refractivity contribution in [3.05, 3.63) is 12.2 Å². The van der Waals surface area contributed by atoms with Gasteiger partial charge in [0.15, 0.2) is 0 Å². The van der Waals surface area contributed by atoms with Gasteiger partial charge in [0.25, 0.3) is 0 Å². The van der Waals surface area contributed by atoms with Gasteiger partial charge in [-0.3, -0.25) is 9.59 Å². The number of amides is 1. The molecule has 3 N–H and O–H groups in total. The highest BCUT2D eigenvalue weighted by Crippen LogP contribution is 2.18. The molecule has 0 radical (unpaired) electrons. The van der Waals surface area contributed by atoms with Gasteiger partial charge in [-0.05, 0) is 51.4 Å². The lowest BCUT2D eigenvalue weighted by Gasteiger charge is -2.22. The van der Waals surface area contributed by atoms with E-state index in [1.807, 2.05) is 0 Å². The molecule has 0 fully saturated rings. The summed E-state index contributed by atoms with van der Waals surface area (Å²) in [5.74, 6) is -0.0165. The molecule has 0 aliphatic carbocycles. The Bertz CT molecular complexity index is 1020. The Labute approximate surface area is 425 Å². The Morgan fingerprint density at radius 1 is 0.397 bits per heavy atom. The zero-order chi connectivity index (χ0) is 49.3. The number of carbonyl (C=O) groups is 2. The minimum atomic E-state index is -0.660. The van der Waals surface area contributed by atoms with Crippen LogP contribution in [-0.4, -0.2) is 47.4 Å². The van der Waals surface area contributed by atoms with Crippen LogP contribution < -0.4 is 5.32 Å². The number of aliphatic hydroxyl groups is 2. The summed E-state index contributed by atoms with van der Waals surface area (Å²) in [6, 6.07) is -0.537. The van der Waals surface area contributed by atoms with Gasteiger partial charge in [-0.25, -0.2) is 0 Å². The summed E-state index contributed by atoms with van der Waals surface area (Å²) < 4.78 is 5.47. The number of hydrogen-bond acceptors (Lipinski definition) is 5. The predicted octanol–water partition coefficient (Wildman–Crippen LogP) is 19.2. The maximum atomic E-state index is 12.4. The maximum absolute atomic E-state index is 12.4. The van der Waals surface area contributed by atoms with Crippen molar-refractivity contribution in [2.45, 2.75) is 360 Å². The number of carbonyl (C=O) groups excluding carboxylic acids is 2. The first kappa shape index (κ1) is 66.6. The molecule has 1 amide bonds. The molecular formula is C62H121NO5. The second-order valence-corrected chi connectivity index (χ2v) is 21.4. The van der Waals surface area contributed by atoms with E-state index < -0.39 is 12.1 Å². The van der Waals surface area contributed by atoms with Crippen LogP contribution in [0.25, 0.3) is 0 Å². The molecule has 0 aromatic rings. The minimum absolute atomic E-state index is 0.0171. The first-order valence-corrected chi connectivity index (χ1v) is 30.9. The molecule has 2 unspecified atom stereocenters. The summed E-state index contributed by atoms with van der Waals surface area (Å²) in [6.07, 6.45) is 69.6. The number of unbranched alkanes of at least 4 members (excludes halogenated alkanes) is 45. The van der Waals surface area contributed by atoms with Gasteiger partial charge in [0.05, 0.1) is 25.4 Å². The molecular weight excluding hydrogens is 839 g/mol. The lowest BCUT2D eigenvalue weighted by molar-refractivity contribution is -0.143. The van der Waals surface area contributed by atoms with Gasteiger partial charge in [-0.1, -0.05) is 296 Å². The summed E-state index contributed by atoms with van der Waals surface area (Å²) in [7, 11) is 0. The van der Waals surface area contributed by atoms with Crippen LogP contribution in [0.4, 0.5) is 0 Å². The zero-order valence-corrected chi connectivity index (χ0v) is 46.1. The molecule has 68 heavy (non-hydrogen) atoms. The van der Waals surface area contributed by atoms with Crippen molar-refractivity contribution in [3.63, 3.8) is 0 Å². The van der Waals surface area contributed by atoms with Gasteiger partial charge in [0, 0.05) is 12.8 Å². The molecule has 0 rings (SSSR count). The summed E-state index contributed by atoms with van der Waals surface area (Å²) in [4.78, 5) is 24.4. The van der Waals surface area contributed by atoms with Crippen LogP contribution >= 0.6 is 0 Å². The second kappa shape index (κ2) is 58.2. The van der Waals surface area contributed by atoms with E-state index in [2.05, 4.69) is 31.3 Å². The van der Waals surface area contributed by atoms with Crippen LogP contribution in [0.3, 0.4) is 0 Å². The molecule has 0 heterocycles. The van der Waals surface area contributed by atoms with Gasteiger partial charge >= 0.3 is 5.97 Å². The van der Waals surface area contributed by atoms with Crippen LogP contribution in [0.15, 0.2) is 12.2 Å². The molecule has 0 aromatic carbocycles. The van der Waals surface area contributed by atoms with Crippen LogP contribution in [0.2, 0.25) is 0 Å². The van der Waals surface area contributed by atoms with Crippen molar-refractivity contribution >= 4 is 11.9 Å². The Kier molecular flexibility index (Phi) is 57.0. The van der Waals surface area contributed by atoms with E-state index in [0.717, 1.165) is 38.5 Å². The highest BCUT2D eigenvalue weighted by Gasteiger charge is 2.20. The fourth-order valence-electron chi connectivity index (χ4n) is 9.81. The van der Waals surface area contributed by atoms with Crippen molar-refractivity contribution in [2.24, 2.45) is 0 Å². The standard InChI is InChI=1S/C62H121NO5/c1-3-5-7-9-11-13-35-40-44-48-52-56-62(67)68-57-53-49-45-41-37-34-32-30-28-26-24-22-20-18-16-15-17-19-21-23-25-27-29-31-33-36-39-43-47-51-55-61(66)63-59(58-64)60(65)54-50-46-42-38-14-12-10-8-6-4-2/h16,18,59-60,64-65H,3-15,17,19-58H2,1-2H3,(H,63,66)/b18-16-. The van der Waals surface area contributed by atoms with E-state index >= 15 is 0 Å². The highest BCUT2D eigenvalue weighted by molar-refractivity contribution is 5.76. The number of allylic oxidation sites excluding steroid dienone is 2. The molecule has 0 aliphatic heterocycles. The molecule has 6 heteroatoms. The van der Waals surface area contributed by atoms with E-state index in [4.69, 9.17) is 4.74 Å². The Hall–Kier alpha value is -1.40. The normalized spacial score (nSPS) is 12.6. The summed E-state index contributed by atoms with van der Waals surface area (Å²) >= 11 is 0. The average Bonchev–Trinajstić information content (AvgIpc) is 3.34. The lowest BCUT2D eigenvalue weighted by atomic mass is 10.0. The monoisotopic (exact) mass is 960 g/mol. The van der Waals surface area contributed by atoms with Crippen LogP contribution in [-0.2, 0) is 14.3 Å². The molecule has 404 valence electrons. The van der Waals surface area contributed by atoms with Gasteiger partial charge in [0.2, 0.25) is 5.91 Å². The molecule has 2 atom stereocenters. The number of ether oxygens (including phenoxy) is 1. The minimum Gasteiger partial charge on any atom is -0.466 e. The number of hydrogen-bond donors (Lipinski definition) is 3. The molecule has 0 spiro atoms. The van der Waals surface area contributed by atoms with E-state index in [1.165, 1.54) is 276 Å². The first-order valence-electron chi connectivity index (χ1n) is 30.9. The molecule has 0 bridgehead atoms. The second-order valence-electron chi connectivity index (χ2n) is 21.4. The smallest absolute Gasteiger partial charge is 0.305 e. The largest absolute Gasteiger partial charge is 0.466 e. The van der Waals surface area contributed by atoms with E-state index in [9.17, 15) is 19.8 Å². The number of nitrogens with one attached hydrogen (secondary N) is 1. The maximum Gasteiger partial charge on any atom is 0.305 e. The summed E-state index contributed by atoms with van der Waals surface area (Å²) in [5, 5.41) is 23.2. The van der Waals surface area contributed by atoms with Gasteiger partial charge in [0.1, 0.15) is 0 Å². The fourth-order valence-corrected chi connectivity index (χ4v) is 9.81. The zero-order valence-electron chi connectivity index (χ0n) is 46.1. The third-order valence-electron chi connectivity index (χ3n) is 14.6. The summed E-state index contributed by atoms with van der Waals surface area (Å²) in [6.45, 7) is 4.95.